The maximum atomic E-state index is 12.8. The summed E-state index contributed by atoms with van der Waals surface area (Å²) in [6.45, 7) is 0.232. The maximum Gasteiger partial charge on any atom is 0.333 e. The van der Waals surface area contributed by atoms with Gasteiger partial charge in [0, 0.05) is 30.7 Å². The molecule has 3 aromatic rings. The van der Waals surface area contributed by atoms with E-state index in [0.717, 1.165) is 17.7 Å². The molecule has 3 rings (SSSR count). The van der Waals surface area contributed by atoms with Crippen molar-refractivity contribution in [2.24, 2.45) is 0 Å². The number of carbonyl (C=O) groups excluding carboxylic acids is 2. The zero-order valence-electron chi connectivity index (χ0n) is 13.5. The Bertz CT molecular complexity index is 879. The molecular formula is C17H15FN6O2. The first-order valence-corrected chi connectivity index (χ1v) is 7.65. The van der Waals surface area contributed by atoms with Gasteiger partial charge in [0.25, 0.3) is 5.91 Å². The molecule has 0 aliphatic heterocycles. The van der Waals surface area contributed by atoms with Crippen molar-refractivity contribution < 1.29 is 14.0 Å². The molecule has 3 amide bonds. The number of carbonyl (C=O) groups is 2. The average molecular weight is 354 g/mol. The fourth-order valence-corrected chi connectivity index (χ4v) is 2.08. The predicted octanol–water partition coefficient (Wildman–Crippen LogP) is 1.55. The van der Waals surface area contributed by atoms with Gasteiger partial charge in [-0.15, -0.1) is 0 Å². The van der Waals surface area contributed by atoms with E-state index in [0.29, 0.717) is 5.82 Å². The van der Waals surface area contributed by atoms with Crippen LogP contribution in [-0.2, 0) is 6.54 Å². The van der Waals surface area contributed by atoms with E-state index in [1.807, 2.05) is 6.07 Å². The van der Waals surface area contributed by atoms with Crippen LogP contribution in [0.3, 0.4) is 0 Å². The van der Waals surface area contributed by atoms with Crippen LogP contribution >= 0.6 is 0 Å². The van der Waals surface area contributed by atoms with Crippen LogP contribution in [0.5, 0.6) is 0 Å². The maximum absolute atomic E-state index is 12.8. The zero-order valence-corrected chi connectivity index (χ0v) is 13.5. The van der Waals surface area contributed by atoms with Gasteiger partial charge in [0.2, 0.25) is 0 Å². The van der Waals surface area contributed by atoms with Gasteiger partial charge in [0.05, 0.1) is 0 Å². The lowest BCUT2D eigenvalue weighted by Gasteiger charge is -2.09. The Morgan fingerprint density at radius 2 is 1.88 bits per heavy atom. The minimum absolute atomic E-state index is 0.228. The summed E-state index contributed by atoms with van der Waals surface area (Å²) in [5, 5.41) is 2.59. The number of imidazole rings is 1. The first-order valence-electron chi connectivity index (χ1n) is 7.65. The van der Waals surface area contributed by atoms with Crippen molar-refractivity contribution in [3.8, 4) is 5.82 Å². The first-order chi connectivity index (χ1) is 12.6. The highest BCUT2D eigenvalue weighted by Crippen LogP contribution is 2.05. The van der Waals surface area contributed by atoms with Gasteiger partial charge in [-0.2, -0.15) is 0 Å². The summed E-state index contributed by atoms with van der Waals surface area (Å²) in [5.74, 6) is -0.284. The van der Waals surface area contributed by atoms with E-state index in [1.54, 1.807) is 35.6 Å². The standard InChI is InChI=1S/C17H15FN6O2/c18-14-4-2-13(3-5-14)16(25)22-23-17(26)21-10-12-1-6-15(20-9-12)24-8-7-19-11-24/h1-9,11H,10H2,(H,22,25)(H2,21,23,26). The van der Waals surface area contributed by atoms with Crippen LogP contribution in [0.4, 0.5) is 9.18 Å². The molecule has 0 atom stereocenters. The van der Waals surface area contributed by atoms with Crippen LogP contribution in [0.25, 0.3) is 5.82 Å². The van der Waals surface area contributed by atoms with Gasteiger partial charge in [-0.25, -0.2) is 24.6 Å². The number of rotatable bonds is 4. The summed E-state index contributed by atoms with van der Waals surface area (Å²) in [6, 6.07) is 7.99. The lowest BCUT2D eigenvalue weighted by Crippen LogP contribution is -2.46. The second-order valence-corrected chi connectivity index (χ2v) is 5.26. The molecule has 0 saturated carbocycles. The molecule has 0 radical (unpaired) electrons. The van der Waals surface area contributed by atoms with E-state index >= 15 is 0 Å². The van der Waals surface area contributed by atoms with Crippen molar-refractivity contribution in [2.75, 3.05) is 0 Å². The summed E-state index contributed by atoms with van der Waals surface area (Å²) in [7, 11) is 0. The molecule has 0 saturated heterocycles. The van der Waals surface area contributed by atoms with Gasteiger partial charge in [-0.1, -0.05) is 6.07 Å². The minimum Gasteiger partial charge on any atom is -0.333 e. The number of hydrazine groups is 1. The normalized spacial score (nSPS) is 10.2. The predicted molar refractivity (Wildman–Crippen MR) is 90.6 cm³/mol. The zero-order chi connectivity index (χ0) is 18.4. The SMILES string of the molecule is O=C(NCc1ccc(-n2ccnc2)nc1)NNC(=O)c1ccc(F)cc1. The fourth-order valence-electron chi connectivity index (χ4n) is 2.08. The first kappa shape index (κ1) is 17.1. The van der Waals surface area contributed by atoms with Crippen LogP contribution in [0.15, 0.2) is 61.3 Å². The van der Waals surface area contributed by atoms with Crippen LogP contribution in [0.2, 0.25) is 0 Å². The molecule has 1 aromatic carbocycles. The Kier molecular flexibility index (Phi) is 5.18. The Morgan fingerprint density at radius 1 is 1.08 bits per heavy atom. The van der Waals surface area contributed by atoms with Gasteiger partial charge in [-0.05, 0) is 35.9 Å². The molecule has 0 spiro atoms. The Morgan fingerprint density at radius 3 is 2.54 bits per heavy atom. The molecule has 8 nitrogen and oxygen atoms in total. The van der Waals surface area contributed by atoms with E-state index in [9.17, 15) is 14.0 Å². The number of benzene rings is 1. The number of nitrogens with zero attached hydrogens (tertiary/aromatic N) is 3. The lowest BCUT2D eigenvalue weighted by molar-refractivity contribution is 0.0936. The van der Waals surface area contributed by atoms with Gasteiger partial charge < -0.3 is 5.32 Å². The molecule has 2 aromatic heterocycles. The molecule has 26 heavy (non-hydrogen) atoms. The number of hydrogen-bond acceptors (Lipinski definition) is 4. The largest absolute Gasteiger partial charge is 0.333 e. The van der Waals surface area contributed by atoms with Gasteiger partial charge >= 0.3 is 6.03 Å². The molecule has 0 aliphatic rings. The average Bonchev–Trinajstić information content (AvgIpc) is 3.20. The van der Waals surface area contributed by atoms with Crippen molar-refractivity contribution in [1.29, 1.82) is 0 Å². The molecule has 0 bridgehead atoms. The monoisotopic (exact) mass is 354 g/mol. The molecule has 2 heterocycles. The number of amides is 3. The van der Waals surface area contributed by atoms with Gasteiger partial charge in [0.15, 0.2) is 0 Å². The van der Waals surface area contributed by atoms with Crippen LogP contribution in [-0.4, -0.2) is 26.5 Å². The third-order valence-corrected chi connectivity index (χ3v) is 3.43. The Hall–Kier alpha value is -3.75. The van der Waals surface area contributed by atoms with Crippen molar-refractivity contribution >= 4 is 11.9 Å². The van der Waals surface area contributed by atoms with Crippen LogP contribution in [0, 0.1) is 5.82 Å². The van der Waals surface area contributed by atoms with E-state index in [1.165, 1.54) is 12.1 Å². The third kappa shape index (κ3) is 4.41. The number of nitrogens with one attached hydrogen (secondary N) is 3. The smallest absolute Gasteiger partial charge is 0.333 e. The van der Waals surface area contributed by atoms with Crippen LogP contribution < -0.4 is 16.2 Å². The molecule has 0 fully saturated rings. The summed E-state index contributed by atoms with van der Waals surface area (Å²) < 4.78 is 14.6. The summed E-state index contributed by atoms with van der Waals surface area (Å²) in [4.78, 5) is 31.7. The summed E-state index contributed by atoms with van der Waals surface area (Å²) in [5.41, 5.74) is 5.47. The number of aromatic nitrogens is 3. The van der Waals surface area contributed by atoms with Crippen molar-refractivity contribution in [3.05, 3.63) is 78.3 Å². The van der Waals surface area contributed by atoms with E-state index < -0.39 is 17.8 Å². The lowest BCUT2D eigenvalue weighted by atomic mass is 10.2. The third-order valence-electron chi connectivity index (χ3n) is 3.43. The molecule has 9 heteroatoms. The molecule has 3 N–H and O–H groups in total. The topological polar surface area (TPSA) is 101 Å². The van der Waals surface area contributed by atoms with Gasteiger partial charge in [0.1, 0.15) is 18.0 Å². The van der Waals surface area contributed by atoms with Gasteiger partial charge in [-0.3, -0.25) is 14.8 Å². The highest BCUT2D eigenvalue weighted by molar-refractivity contribution is 5.95. The number of pyridine rings is 1. The minimum atomic E-state index is -0.584. The molecular weight excluding hydrogens is 339 g/mol. The highest BCUT2D eigenvalue weighted by atomic mass is 19.1. The summed E-state index contributed by atoms with van der Waals surface area (Å²) >= 11 is 0. The molecule has 132 valence electrons. The second-order valence-electron chi connectivity index (χ2n) is 5.26. The second kappa shape index (κ2) is 7.88. The van der Waals surface area contributed by atoms with Crippen molar-refractivity contribution in [1.82, 2.24) is 30.7 Å². The van der Waals surface area contributed by atoms with Crippen molar-refractivity contribution in [2.45, 2.75) is 6.54 Å². The highest BCUT2D eigenvalue weighted by Gasteiger charge is 2.07. The van der Waals surface area contributed by atoms with E-state index in [4.69, 9.17) is 0 Å². The molecule has 0 aliphatic carbocycles. The molecule has 0 unspecified atom stereocenters. The van der Waals surface area contributed by atoms with E-state index in [-0.39, 0.29) is 12.1 Å². The fraction of sp³-hybridized carbons (Fsp3) is 0.0588. The Balaban J connectivity index is 1.45. The van der Waals surface area contributed by atoms with E-state index in [2.05, 4.69) is 26.1 Å². The van der Waals surface area contributed by atoms with Crippen LogP contribution in [0.1, 0.15) is 15.9 Å². The summed E-state index contributed by atoms with van der Waals surface area (Å²) in [6.07, 6.45) is 6.70. The number of halogens is 1. The van der Waals surface area contributed by atoms with Crippen molar-refractivity contribution in [3.63, 3.8) is 0 Å². The number of hydrogen-bond donors (Lipinski definition) is 3. The Labute approximate surface area is 148 Å². The number of urea groups is 1. The quantitative estimate of drug-likeness (QED) is 0.619.